The van der Waals surface area contributed by atoms with Gasteiger partial charge in [0, 0.05) is 18.6 Å². The van der Waals surface area contributed by atoms with Crippen LogP contribution in [0, 0.1) is 5.92 Å². The van der Waals surface area contributed by atoms with Crippen molar-refractivity contribution in [3.63, 3.8) is 0 Å². The summed E-state index contributed by atoms with van der Waals surface area (Å²) in [7, 11) is 1.75. The molecule has 0 bridgehead atoms. The molecule has 13 heavy (non-hydrogen) atoms. The third-order valence-electron chi connectivity index (χ3n) is 2.50. The number of hydrogen-bond donors (Lipinski definition) is 0. The molecule has 1 heterocycles. The van der Waals surface area contributed by atoms with Gasteiger partial charge < -0.3 is 9.47 Å². The Hall–Kier alpha value is -1.02. The van der Waals surface area contributed by atoms with Gasteiger partial charge in [0.1, 0.15) is 5.75 Å². The van der Waals surface area contributed by atoms with E-state index in [0.717, 1.165) is 12.4 Å². The van der Waals surface area contributed by atoms with Crippen molar-refractivity contribution >= 4 is 0 Å². The summed E-state index contributed by atoms with van der Waals surface area (Å²) in [6.45, 7) is 2.89. The highest BCUT2D eigenvalue weighted by atomic mass is 16.5. The Labute approximate surface area is 78.5 Å². The summed E-state index contributed by atoms with van der Waals surface area (Å²) in [4.78, 5) is 0. The zero-order valence-corrected chi connectivity index (χ0v) is 7.99. The predicted molar refractivity (Wildman–Crippen MR) is 50.9 cm³/mol. The second-order valence-corrected chi connectivity index (χ2v) is 3.48. The first-order chi connectivity index (χ1) is 6.33. The third-order valence-corrected chi connectivity index (χ3v) is 2.50. The normalized spacial score (nSPS) is 26.3. The van der Waals surface area contributed by atoms with E-state index in [2.05, 4.69) is 13.0 Å². The maximum atomic E-state index is 5.59. The summed E-state index contributed by atoms with van der Waals surface area (Å²) >= 11 is 0. The van der Waals surface area contributed by atoms with Crippen molar-refractivity contribution in [2.75, 3.05) is 13.7 Å². The molecule has 0 fully saturated rings. The van der Waals surface area contributed by atoms with E-state index in [1.165, 1.54) is 5.56 Å². The van der Waals surface area contributed by atoms with Crippen LogP contribution in [0.15, 0.2) is 24.3 Å². The van der Waals surface area contributed by atoms with Crippen molar-refractivity contribution in [1.29, 1.82) is 0 Å². The minimum absolute atomic E-state index is 0.185. The summed E-state index contributed by atoms with van der Waals surface area (Å²) in [5.41, 5.74) is 1.17. The summed E-state index contributed by atoms with van der Waals surface area (Å²) in [5, 5.41) is 0. The van der Waals surface area contributed by atoms with E-state index in [-0.39, 0.29) is 6.10 Å². The number of methoxy groups -OCH3 is 1. The molecular weight excluding hydrogens is 164 g/mol. The summed E-state index contributed by atoms with van der Waals surface area (Å²) < 4.78 is 11.0. The molecule has 1 aromatic rings. The van der Waals surface area contributed by atoms with E-state index in [0.29, 0.717) is 5.92 Å². The van der Waals surface area contributed by atoms with Gasteiger partial charge in [0.05, 0.1) is 12.7 Å². The van der Waals surface area contributed by atoms with Crippen molar-refractivity contribution in [2.24, 2.45) is 5.92 Å². The van der Waals surface area contributed by atoms with Gasteiger partial charge in [-0.25, -0.2) is 0 Å². The molecule has 2 heteroatoms. The van der Waals surface area contributed by atoms with Gasteiger partial charge in [0.2, 0.25) is 0 Å². The average Bonchev–Trinajstić information content (AvgIpc) is 2.18. The van der Waals surface area contributed by atoms with Crippen LogP contribution < -0.4 is 4.74 Å². The van der Waals surface area contributed by atoms with Crippen LogP contribution in [-0.2, 0) is 4.74 Å². The second-order valence-electron chi connectivity index (χ2n) is 3.48. The molecule has 2 rings (SSSR count). The number of hydrogen-bond acceptors (Lipinski definition) is 2. The molecule has 1 aromatic carbocycles. The van der Waals surface area contributed by atoms with Crippen molar-refractivity contribution in [2.45, 2.75) is 13.0 Å². The average molecular weight is 178 g/mol. The van der Waals surface area contributed by atoms with Gasteiger partial charge in [-0.05, 0) is 6.07 Å². The fraction of sp³-hybridized carbons (Fsp3) is 0.455. The van der Waals surface area contributed by atoms with Crippen molar-refractivity contribution < 1.29 is 9.47 Å². The Bertz CT molecular complexity index is 296. The van der Waals surface area contributed by atoms with E-state index < -0.39 is 0 Å². The maximum Gasteiger partial charge on any atom is 0.125 e. The highest BCUT2D eigenvalue weighted by Gasteiger charge is 2.26. The van der Waals surface area contributed by atoms with Gasteiger partial charge in [-0.2, -0.15) is 0 Å². The number of para-hydroxylation sites is 1. The van der Waals surface area contributed by atoms with Crippen LogP contribution in [0.25, 0.3) is 0 Å². The van der Waals surface area contributed by atoms with Gasteiger partial charge in [0.15, 0.2) is 0 Å². The van der Waals surface area contributed by atoms with Crippen LogP contribution in [0.2, 0.25) is 0 Å². The molecule has 2 atom stereocenters. The van der Waals surface area contributed by atoms with Gasteiger partial charge >= 0.3 is 0 Å². The zero-order chi connectivity index (χ0) is 9.26. The molecule has 0 aliphatic carbocycles. The number of ether oxygens (including phenoxy) is 2. The van der Waals surface area contributed by atoms with Gasteiger partial charge in [-0.3, -0.25) is 0 Å². The van der Waals surface area contributed by atoms with Crippen LogP contribution in [0.5, 0.6) is 5.75 Å². The maximum absolute atomic E-state index is 5.59. The Balaban J connectivity index is 2.39. The van der Waals surface area contributed by atoms with E-state index in [1.54, 1.807) is 7.11 Å². The lowest BCUT2D eigenvalue weighted by molar-refractivity contribution is 0.0194. The Morgan fingerprint density at radius 1 is 1.38 bits per heavy atom. The molecule has 0 saturated heterocycles. The molecule has 0 saturated carbocycles. The minimum atomic E-state index is 0.185. The molecule has 0 N–H and O–H groups in total. The second kappa shape index (κ2) is 3.38. The zero-order valence-electron chi connectivity index (χ0n) is 7.99. The number of fused-ring (bicyclic) bond motifs is 1. The molecule has 2 unspecified atom stereocenters. The highest BCUT2D eigenvalue weighted by Crippen LogP contribution is 2.36. The minimum Gasteiger partial charge on any atom is -0.493 e. The molecule has 0 spiro atoms. The van der Waals surface area contributed by atoms with E-state index in [9.17, 15) is 0 Å². The summed E-state index contributed by atoms with van der Waals surface area (Å²) in [6, 6.07) is 8.07. The van der Waals surface area contributed by atoms with Crippen LogP contribution in [0.3, 0.4) is 0 Å². The molecule has 1 aliphatic rings. The fourth-order valence-corrected chi connectivity index (χ4v) is 1.82. The molecular formula is C11H14O2. The molecule has 1 aliphatic heterocycles. The Kier molecular flexibility index (Phi) is 2.23. The largest absolute Gasteiger partial charge is 0.493 e. The van der Waals surface area contributed by atoms with Crippen LogP contribution in [0.4, 0.5) is 0 Å². The topological polar surface area (TPSA) is 18.5 Å². The lowest BCUT2D eigenvalue weighted by atomic mass is 9.95. The van der Waals surface area contributed by atoms with E-state index >= 15 is 0 Å². The Morgan fingerprint density at radius 2 is 2.15 bits per heavy atom. The lowest BCUT2D eigenvalue weighted by Gasteiger charge is -2.30. The van der Waals surface area contributed by atoms with Crippen molar-refractivity contribution in [3.05, 3.63) is 29.8 Å². The van der Waals surface area contributed by atoms with Crippen LogP contribution in [0.1, 0.15) is 18.6 Å². The summed E-state index contributed by atoms with van der Waals surface area (Å²) in [6.07, 6.45) is 0.185. The standard InChI is InChI=1S/C11H14O2/c1-8-7-13-10-6-4-3-5-9(10)11(8)12-2/h3-6,8,11H,7H2,1-2H3. The van der Waals surface area contributed by atoms with Crippen molar-refractivity contribution in [3.8, 4) is 5.75 Å². The monoisotopic (exact) mass is 178 g/mol. The van der Waals surface area contributed by atoms with E-state index in [4.69, 9.17) is 9.47 Å². The SMILES string of the molecule is COC1c2ccccc2OCC1C. The van der Waals surface area contributed by atoms with Gasteiger partial charge in [0.25, 0.3) is 0 Å². The first-order valence-corrected chi connectivity index (χ1v) is 4.57. The molecule has 0 radical (unpaired) electrons. The first kappa shape index (κ1) is 8.57. The molecule has 0 amide bonds. The molecule has 2 nitrogen and oxygen atoms in total. The highest BCUT2D eigenvalue weighted by molar-refractivity contribution is 5.37. The molecule has 70 valence electrons. The van der Waals surface area contributed by atoms with Gasteiger partial charge in [-0.15, -0.1) is 0 Å². The fourth-order valence-electron chi connectivity index (χ4n) is 1.82. The molecule has 0 aromatic heterocycles. The smallest absolute Gasteiger partial charge is 0.125 e. The first-order valence-electron chi connectivity index (χ1n) is 4.57. The Morgan fingerprint density at radius 3 is 2.92 bits per heavy atom. The number of rotatable bonds is 1. The third kappa shape index (κ3) is 1.42. The van der Waals surface area contributed by atoms with E-state index in [1.807, 2.05) is 18.2 Å². The predicted octanol–water partition coefficient (Wildman–Crippen LogP) is 2.40. The van der Waals surface area contributed by atoms with Crippen LogP contribution >= 0.6 is 0 Å². The van der Waals surface area contributed by atoms with Gasteiger partial charge in [-0.1, -0.05) is 25.1 Å². The van der Waals surface area contributed by atoms with Crippen molar-refractivity contribution in [1.82, 2.24) is 0 Å². The van der Waals surface area contributed by atoms with Crippen LogP contribution in [-0.4, -0.2) is 13.7 Å². The quantitative estimate of drug-likeness (QED) is 0.657. The lowest BCUT2D eigenvalue weighted by Crippen LogP contribution is -2.24. The number of benzene rings is 1. The summed E-state index contributed by atoms with van der Waals surface area (Å²) in [5.74, 6) is 1.40.